The van der Waals surface area contributed by atoms with Crippen molar-refractivity contribution in [1.29, 1.82) is 0 Å². The van der Waals surface area contributed by atoms with Crippen LogP contribution >= 0.6 is 0 Å². The summed E-state index contributed by atoms with van der Waals surface area (Å²) in [6, 6.07) is 4.99. The maximum absolute atomic E-state index is 12.7. The van der Waals surface area contributed by atoms with E-state index < -0.39 is 10.0 Å². The number of ether oxygens (including phenoxy) is 1. The molecule has 0 aliphatic carbocycles. The Morgan fingerprint density at radius 3 is 2.85 bits per heavy atom. The van der Waals surface area contributed by atoms with Crippen LogP contribution in [0.4, 0.5) is 5.69 Å². The number of benzene rings is 1. The Labute approximate surface area is 120 Å². The van der Waals surface area contributed by atoms with E-state index >= 15 is 0 Å². The van der Waals surface area contributed by atoms with Gasteiger partial charge < -0.3 is 10.5 Å². The molecule has 1 fully saturated rings. The van der Waals surface area contributed by atoms with E-state index in [4.69, 9.17) is 10.5 Å². The van der Waals surface area contributed by atoms with Crippen molar-refractivity contribution in [3.05, 3.63) is 23.8 Å². The van der Waals surface area contributed by atoms with Crippen molar-refractivity contribution in [3.63, 3.8) is 0 Å². The topological polar surface area (TPSA) is 72.6 Å². The van der Waals surface area contributed by atoms with Gasteiger partial charge in [0.05, 0.1) is 11.0 Å². The second-order valence-corrected chi connectivity index (χ2v) is 7.05. The lowest BCUT2D eigenvalue weighted by molar-refractivity contribution is 0.0752. The number of hydrogen-bond donors (Lipinski definition) is 1. The Kier molecular flexibility index (Phi) is 4.67. The van der Waals surface area contributed by atoms with Crippen LogP contribution in [0.1, 0.15) is 25.8 Å². The van der Waals surface area contributed by atoms with E-state index in [1.807, 2.05) is 13.8 Å². The summed E-state index contributed by atoms with van der Waals surface area (Å²) in [5.41, 5.74) is 7.41. The summed E-state index contributed by atoms with van der Waals surface area (Å²) in [4.78, 5) is 0.265. The molecule has 1 unspecified atom stereocenters. The van der Waals surface area contributed by atoms with Crippen molar-refractivity contribution in [2.45, 2.75) is 37.7 Å². The standard InChI is InChI=1S/C14H22N2O3S/c1-3-12-5-6-13(9-14(12)15)20(17,18)16-7-4-8-19-11(2)10-16/h5-6,9,11H,3-4,7-8,10,15H2,1-2H3. The van der Waals surface area contributed by atoms with Crippen molar-refractivity contribution in [2.75, 3.05) is 25.4 Å². The molecule has 1 atom stereocenters. The predicted octanol–water partition coefficient (Wildman–Crippen LogP) is 1.63. The van der Waals surface area contributed by atoms with Crippen LogP contribution in [0.25, 0.3) is 0 Å². The second kappa shape index (κ2) is 6.11. The van der Waals surface area contributed by atoms with Gasteiger partial charge in [-0.25, -0.2) is 8.42 Å². The zero-order valence-electron chi connectivity index (χ0n) is 12.0. The highest BCUT2D eigenvalue weighted by Gasteiger charge is 2.28. The molecule has 0 amide bonds. The van der Waals surface area contributed by atoms with Gasteiger partial charge in [-0.05, 0) is 37.5 Å². The summed E-state index contributed by atoms with van der Waals surface area (Å²) in [5, 5.41) is 0. The molecule has 0 saturated carbocycles. The van der Waals surface area contributed by atoms with E-state index in [9.17, 15) is 8.42 Å². The van der Waals surface area contributed by atoms with E-state index in [0.717, 1.165) is 12.0 Å². The van der Waals surface area contributed by atoms with E-state index in [0.29, 0.717) is 31.8 Å². The van der Waals surface area contributed by atoms with Gasteiger partial charge in [0.25, 0.3) is 0 Å². The molecular weight excluding hydrogens is 276 g/mol. The van der Waals surface area contributed by atoms with Crippen molar-refractivity contribution in [1.82, 2.24) is 4.31 Å². The smallest absolute Gasteiger partial charge is 0.243 e. The Morgan fingerprint density at radius 1 is 1.45 bits per heavy atom. The van der Waals surface area contributed by atoms with Crippen LogP contribution < -0.4 is 5.73 Å². The van der Waals surface area contributed by atoms with Gasteiger partial charge in [-0.15, -0.1) is 0 Å². The van der Waals surface area contributed by atoms with E-state index in [1.54, 1.807) is 18.2 Å². The fraction of sp³-hybridized carbons (Fsp3) is 0.571. The van der Waals surface area contributed by atoms with Crippen LogP contribution in [-0.4, -0.2) is 38.5 Å². The molecular formula is C14H22N2O3S. The van der Waals surface area contributed by atoms with Gasteiger partial charge in [-0.3, -0.25) is 0 Å². The van der Waals surface area contributed by atoms with Crippen molar-refractivity contribution in [3.8, 4) is 0 Å². The Hall–Kier alpha value is -1.11. The molecule has 6 heteroatoms. The molecule has 1 saturated heterocycles. The van der Waals surface area contributed by atoms with Crippen molar-refractivity contribution >= 4 is 15.7 Å². The number of aryl methyl sites for hydroxylation is 1. The van der Waals surface area contributed by atoms with E-state index in [2.05, 4.69) is 0 Å². The van der Waals surface area contributed by atoms with Gasteiger partial charge in [0, 0.05) is 25.4 Å². The zero-order valence-corrected chi connectivity index (χ0v) is 12.8. The third-order valence-electron chi connectivity index (χ3n) is 3.55. The molecule has 5 nitrogen and oxygen atoms in total. The van der Waals surface area contributed by atoms with Crippen LogP contribution in [-0.2, 0) is 21.2 Å². The lowest BCUT2D eigenvalue weighted by atomic mass is 10.1. The Bertz CT molecular complexity index is 572. The SMILES string of the molecule is CCc1ccc(S(=O)(=O)N2CCCOC(C)C2)cc1N. The quantitative estimate of drug-likeness (QED) is 0.861. The molecule has 0 aromatic heterocycles. The maximum Gasteiger partial charge on any atom is 0.243 e. The van der Waals surface area contributed by atoms with Crippen LogP contribution in [0.5, 0.6) is 0 Å². The van der Waals surface area contributed by atoms with Gasteiger partial charge in [0.2, 0.25) is 10.0 Å². The molecule has 2 rings (SSSR count). The molecule has 1 aliphatic heterocycles. The zero-order chi connectivity index (χ0) is 14.8. The predicted molar refractivity (Wildman–Crippen MR) is 79.0 cm³/mol. The minimum Gasteiger partial charge on any atom is -0.398 e. The highest BCUT2D eigenvalue weighted by Crippen LogP contribution is 2.23. The summed E-state index contributed by atoms with van der Waals surface area (Å²) in [7, 11) is -3.49. The third-order valence-corrected chi connectivity index (χ3v) is 5.41. The monoisotopic (exact) mass is 298 g/mol. The summed E-state index contributed by atoms with van der Waals surface area (Å²) in [5.74, 6) is 0. The molecule has 0 spiro atoms. The average molecular weight is 298 g/mol. The summed E-state index contributed by atoms with van der Waals surface area (Å²) >= 11 is 0. The Balaban J connectivity index is 2.31. The van der Waals surface area contributed by atoms with Crippen LogP contribution in [0.3, 0.4) is 0 Å². The number of nitrogen functional groups attached to an aromatic ring is 1. The molecule has 1 aliphatic rings. The van der Waals surface area contributed by atoms with Crippen molar-refractivity contribution < 1.29 is 13.2 Å². The van der Waals surface area contributed by atoms with Gasteiger partial charge in [-0.2, -0.15) is 4.31 Å². The number of hydrogen-bond acceptors (Lipinski definition) is 4. The number of rotatable bonds is 3. The summed E-state index contributed by atoms with van der Waals surface area (Å²) in [6.07, 6.45) is 1.42. The first-order valence-corrected chi connectivity index (χ1v) is 8.39. The van der Waals surface area contributed by atoms with Crippen LogP contribution in [0.15, 0.2) is 23.1 Å². The molecule has 1 heterocycles. The number of nitrogens with two attached hydrogens (primary N) is 1. The molecule has 0 bridgehead atoms. The Morgan fingerprint density at radius 2 is 2.20 bits per heavy atom. The first-order chi connectivity index (χ1) is 9.45. The molecule has 2 N–H and O–H groups in total. The minimum absolute atomic E-state index is 0.0838. The molecule has 112 valence electrons. The van der Waals surface area contributed by atoms with Gasteiger partial charge in [0.15, 0.2) is 0 Å². The first-order valence-electron chi connectivity index (χ1n) is 6.95. The summed E-state index contributed by atoms with van der Waals surface area (Å²) in [6.45, 7) is 5.36. The lowest BCUT2D eigenvalue weighted by Gasteiger charge is -2.22. The van der Waals surface area contributed by atoms with Crippen LogP contribution in [0, 0.1) is 0 Å². The fourth-order valence-corrected chi connectivity index (χ4v) is 3.97. The molecule has 0 radical (unpaired) electrons. The van der Waals surface area contributed by atoms with Crippen LogP contribution in [0.2, 0.25) is 0 Å². The van der Waals surface area contributed by atoms with Gasteiger partial charge in [-0.1, -0.05) is 13.0 Å². The molecule has 20 heavy (non-hydrogen) atoms. The number of anilines is 1. The van der Waals surface area contributed by atoms with Gasteiger partial charge in [0.1, 0.15) is 0 Å². The van der Waals surface area contributed by atoms with E-state index in [1.165, 1.54) is 4.31 Å². The maximum atomic E-state index is 12.7. The van der Waals surface area contributed by atoms with E-state index in [-0.39, 0.29) is 11.0 Å². The highest BCUT2D eigenvalue weighted by molar-refractivity contribution is 7.89. The first kappa shape index (κ1) is 15.3. The largest absolute Gasteiger partial charge is 0.398 e. The molecule has 1 aromatic rings. The second-order valence-electron chi connectivity index (χ2n) is 5.11. The normalized spacial score (nSPS) is 21.6. The lowest BCUT2D eigenvalue weighted by Crippen LogP contribution is -2.36. The number of sulfonamides is 1. The highest BCUT2D eigenvalue weighted by atomic mass is 32.2. The fourth-order valence-electron chi connectivity index (χ4n) is 2.38. The summed E-state index contributed by atoms with van der Waals surface area (Å²) < 4.78 is 32.3. The van der Waals surface area contributed by atoms with Crippen molar-refractivity contribution in [2.24, 2.45) is 0 Å². The minimum atomic E-state index is -3.49. The number of nitrogens with zero attached hydrogens (tertiary/aromatic N) is 1. The average Bonchev–Trinajstić information content (AvgIpc) is 2.63. The molecule has 1 aromatic carbocycles. The van der Waals surface area contributed by atoms with Gasteiger partial charge >= 0.3 is 0 Å². The third kappa shape index (κ3) is 3.13.